The van der Waals surface area contributed by atoms with Crippen molar-refractivity contribution in [3.8, 4) is 5.88 Å². The van der Waals surface area contributed by atoms with Crippen molar-refractivity contribution in [2.45, 2.75) is 39.5 Å². The van der Waals surface area contributed by atoms with E-state index in [0.717, 1.165) is 13.3 Å². The molecule has 1 aromatic heterocycles. The molecule has 4 nitrogen and oxygen atoms in total. The van der Waals surface area contributed by atoms with Gasteiger partial charge in [0.2, 0.25) is 5.88 Å². The van der Waals surface area contributed by atoms with E-state index < -0.39 is 12.3 Å². The number of nitrogens with zero attached hydrogens (tertiary/aromatic N) is 2. The topological polar surface area (TPSA) is 47.0 Å². The third kappa shape index (κ3) is 3.75. The third-order valence-electron chi connectivity index (χ3n) is 2.33. The molecule has 0 saturated heterocycles. The van der Waals surface area contributed by atoms with Crippen LogP contribution in [0.5, 0.6) is 5.88 Å². The summed E-state index contributed by atoms with van der Waals surface area (Å²) >= 11 is 0. The lowest BCUT2D eigenvalue weighted by Gasteiger charge is -2.18. The molecule has 1 aromatic rings. The van der Waals surface area contributed by atoms with Gasteiger partial charge in [-0.1, -0.05) is 6.92 Å². The Kier molecular flexibility index (Phi) is 4.75. The summed E-state index contributed by atoms with van der Waals surface area (Å²) in [7, 11) is 0. The number of ether oxygens (including phenoxy) is 1. The van der Waals surface area contributed by atoms with Gasteiger partial charge in [-0.05, 0) is 20.3 Å². The monoisotopic (exact) mass is 263 g/mol. The smallest absolute Gasteiger partial charge is 0.425 e. The number of halogens is 3. The second kappa shape index (κ2) is 5.88. The summed E-state index contributed by atoms with van der Waals surface area (Å²) in [6, 6.07) is 0. The first-order valence-corrected chi connectivity index (χ1v) is 5.65. The largest absolute Gasteiger partial charge is 0.465 e. The van der Waals surface area contributed by atoms with E-state index in [1.54, 1.807) is 6.92 Å². The third-order valence-corrected chi connectivity index (χ3v) is 2.33. The Morgan fingerprint density at radius 2 is 2.06 bits per heavy atom. The average molecular weight is 263 g/mol. The van der Waals surface area contributed by atoms with Gasteiger partial charge in [-0.2, -0.15) is 13.2 Å². The summed E-state index contributed by atoms with van der Waals surface area (Å²) in [5.41, 5.74) is 0.474. The van der Waals surface area contributed by atoms with Gasteiger partial charge in [-0.25, -0.2) is 9.97 Å². The number of aromatic nitrogens is 2. The van der Waals surface area contributed by atoms with Crippen LogP contribution in [0.4, 0.5) is 19.0 Å². The SMILES string of the molecule is CCCNc1ncnc(OC(C)C(F)(F)F)c1C. The lowest BCUT2D eigenvalue weighted by molar-refractivity contribution is -0.190. The molecule has 1 N–H and O–H groups in total. The van der Waals surface area contributed by atoms with Crippen LogP contribution < -0.4 is 10.1 Å². The Hall–Kier alpha value is -1.53. The maximum Gasteiger partial charge on any atom is 0.425 e. The molecule has 1 atom stereocenters. The van der Waals surface area contributed by atoms with Crippen LogP contribution in [0.15, 0.2) is 6.33 Å². The average Bonchev–Trinajstić information content (AvgIpc) is 2.29. The van der Waals surface area contributed by atoms with Crippen molar-refractivity contribution in [1.82, 2.24) is 9.97 Å². The zero-order valence-electron chi connectivity index (χ0n) is 10.5. The van der Waals surface area contributed by atoms with E-state index in [-0.39, 0.29) is 5.88 Å². The summed E-state index contributed by atoms with van der Waals surface area (Å²) in [5.74, 6) is 0.449. The molecule has 1 rings (SSSR count). The van der Waals surface area contributed by atoms with Crippen molar-refractivity contribution in [2.24, 2.45) is 0 Å². The molecule has 1 unspecified atom stereocenters. The van der Waals surface area contributed by atoms with Crippen LogP contribution in [-0.2, 0) is 0 Å². The molecule has 7 heteroatoms. The van der Waals surface area contributed by atoms with Crippen molar-refractivity contribution in [2.75, 3.05) is 11.9 Å². The summed E-state index contributed by atoms with van der Waals surface area (Å²) in [6.07, 6.45) is -4.23. The summed E-state index contributed by atoms with van der Waals surface area (Å²) < 4.78 is 42.0. The van der Waals surface area contributed by atoms with Crippen LogP contribution in [-0.4, -0.2) is 28.8 Å². The first-order chi connectivity index (χ1) is 8.36. The maximum absolute atomic E-state index is 12.4. The molecule has 0 fully saturated rings. The molecule has 1 heterocycles. The van der Waals surface area contributed by atoms with E-state index in [9.17, 15) is 13.2 Å². The van der Waals surface area contributed by atoms with Gasteiger partial charge in [0.1, 0.15) is 12.1 Å². The van der Waals surface area contributed by atoms with Crippen LogP contribution in [0.3, 0.4) is 0 Å². The molecule has 0 spiro atoms. The Morgan fingerprint density at radius 1 is 1.39 bits per heavy atom. The minimum Gasteiger partial charge on any atom is -0.465 e. The molecule has 18 heavy (non-hydrogen) atoms. The van der Waals surface area contributed by atoms with E-state index in [4.69, 9.17) is 4.74 Å². The fraction of sp³-hybridized carbons (Fsp3) is 0.636. The lowest BCUT2D eigenvalue weighted by atomic mass is 10.3. The van der Waals surface area contributed by atoms with Gasteiger partial charge in [-0.3, -0.25) is 0 Å². The highest BCUT2D eigenvalue weighted by Gasteiger charge is 2.38. The zero-order chi connectivity index (χ0) is 13.8. The van der Waals surface area contributed by atoms with Gasteiger partial charge in [0, 0.05) is 6.54 Å². The van der Waals surface area contributed by atoms with Gasteiger partial charge in [0.05, 0.1) is 5.56 Å². The van der Waals surface area contributed by atoms with Crippen molar-refractivity contribution >= 4 is 5.82 Å². The van der Waals surface area contributed by atoms with Crippen LogP contribution in [0.25, 0.3) is 0 Å². The van der Waals surface area contributed by atoms with E-state index >= 15 is 0 Å². The van der Waals surface area contributed by atoms with Gasteiger partial charge in [0.25, 0.3) is 0 Å². The highest BCUT2D eigenvalue weighted by atomic mass is 19.4. The van der Waals surface area contributed by atoms with Crippen molar-refractivity contribution < 1.29 is 17.9 Å². The van der Waals surface area contributed by atoms with Crippen molar-refractivity contribution in [3.63, 3.8) is 0 Å². The molecule has 0 bridgehead atoms. The minimum atomic E-state index is -4.41. The van der Waals surface area contributed by atoms with Crippen LogP contribution in [0, 0.1) is 6.92 Å². The molecule has 0 aliphatic rings. The number of rotatable bonds is 5. The fourth-order valence-corrected chi connectivity index (χ4v) is 1.21. The Labute approximate surface area is 104 Å². The number of alkyl halides is 3. The Bertz CT molecular complexity index is 396. The number of hydrogen-bond donors (Lipinski definition) is 1. The van der Waals surface area contributed by atoms with Gasteiger partial charge in [0.15, 0.2) is 6.10 Å². The summed E-state index contributed by atoms with van der Waals surface area (Å²) in [4.78, 5) is 7.69. The van der Waals surface area contributed by atoms with Crippen LogP contribution >= 0.6 is 0 Å². The lowest BCUT2D eigenvalue weighted by Crippen LogP contribution is -2.31. The highest BCUT2D eigenvalue weighted by Crippen LogP contribution is 2.27. The first-order valence-electron chi connectivity index (χ1n) is 5.65. The molecule has 0 radical (unpaired) electrons. The molecule has 0 aromatic carbocycles. The molecular formula is C11H16F3N3O. The molecule has 102 valence electrons. The molecule has 0 amide bonds. The minimum absolute atomic E-state index is 0.0478. The first kappa shape index (κ1) is 14.5. The quantitative estimate of drug-likeness (QED) is 0.887. The zero-order valence-corrected chi connectivity index (χ0v) is 10.5. The fourth-order valence-electron chi connectivity index (χ4n) is 1.21. The second-order valence-electron chi connectivity index (χ2n) is 3.88. The summed E-state index contributed by atoms with van der Waals surface area (Å²) in [6.45, 7) is 5.23. The van der Waals surface area contributed by atoms with Crippen molar-refractivity contribution in [1.29, 1.82) is 0 Å². The number of hydrogen-bond acceptors (Lipinski definition) is 4. The Morgan fingerprint density at radius 3 is 2.61 bits per heavy atom. The van der Waals surface area contributed by atoms with E-state index in [2.05, 4.69) is 15.3 Å². The standard InChI is InChI=1S/C11H16F3N3O/c1-4-5-15-9-7(2)10(17-6-16-9)18-8(3)11(12,13)14/h6,8H,4-5H2,1-3H3,(H,15,16,17). The van der Waals surface area contributed by atoms with E-state index in [1.165, 1.54) is 6.33 Å². The Balaban J connectivity index is 2.84. The maximum atomic E-state index is 12.4. The molecule has 0 saturated carbocycles. The van der Waals surface area contributed by atoms with Crippen LogP contribution in [0.1, 0.15) is 25.8 Å². The van der Waals surface area contributed by atoms with Crippen LogP contribution in [0.2, 0.25) is 0 Å². The van der Waals surface area contributed by atoms with E-state index in [0.29, 0.717) is 17.9 Å². The summed E-state index contributed by atoms with van der Waals surface area (Å²) in [5, 5.41) is 3.00. The number of anilines is 1. The second-order valence-corrected chi connectivity index (χ2v) is 3.88. The van der Waals surface area contributed by atoms with E-state index in [1.807, 2.05) is 6.92 Å². The highest BCUT2D eigenvalue weighted by molar-refractivity contribution is 5.47. The molecular weight excluding hydrogens is 247 g/mol. The number of nitrogens with one attached hydrogen (secondary N) is 1. The predicted octanol–water partition coefficient (Wildman–Crippen LogP) is 2.94. The van der Waals surface area contributed by atoms with Crippen molar-refractivity contribution in [3.05, 3.63) is 11.9 Å². The van der Waals surface area contributed by atoms with Gasteiger partial charge < -0.3 is 10.1 Å². The molecule has 0 aliphatic heterocycles. The normalized spacial score (nSPS) is 13.2. The van der Waals surface area contributed by atoms with Gasteiger partial charge >= 0.3 is 6.18 Å². The predicted molar refractivity (Wildman–Crippen MR) is 61.7 cm³/mol. The van der Waals surface area contributed by atoms with Gasteiger partial charge in [-0.15, -0.1) is 0 Å². The molecule has 0 aliphatic carbocycles.